The van der Waals surface area contributed by atoms with Gasteiger partial charge in [-0.05, 0) is 36.3 Å². The summed E-state index contributed by atoms with van der Waals surface area (Å²) in [5.41, 5.74) is 0.905. The van der Waals surface area contributed by atoms with Gasteiger partial charge in [0.15, 0.2) is 0 Å². The van der Waals surface area contributed by atoms with Crippen LogP contribution in [-0.4, -0.2) is 11.2 Å². The average Bonchev–Trinajstić information content (AvgIpc) is 2.97. The van der Waals surface area contributed by atoms with E-state index in [1.165, 1.54) is 0 Å². The van der Waals surface area contributed by atoms with Crippen molar-refractivity contribution in [1.82, 2.24) is 0 Å². The molecule has 0 amide bonds. The van der Waals surface area contributed by atoms with E-state index in [0.717, 1.165) is 18.4 Å². The quantitative estimate of drug-likeness (QED) is 0.832. The Bertz CT molecular complexity index is 425. The molecule has 0 heterocycles. The smallest absolute Gasteiger partial charge is 0.130 e. The van der Waals surface area contributed by atoms with Gasteiger partial charge in [0.25, 0.3) is 0 Å². The van der Waals surface area contributed by atoms with E-state index in [0.29, 0.717) is 5.56 Å². The molecule has 1 nitrogen and oxygen atoms in total. The lowest BCUT2D eigenvalue weighted by Crippen LogP contribution is -2.25. The van der Waals surface area contributed by atoms with Gasteiger partial charge in [0, 0.05) is 5.41 Å². The van der Waals surface area contributed by atoms with E-state index in [2.05, 4.69) is 0 Å². The second-order valence-corrected chi connectivity index (χ2v) is 6.25. The third-order valence-corrected chi connectivity index (χ3v) is 3.93. The first-order valence-electron chi connectivity index (χ1n) is 6.26. The summed E-state index contributed by atoms with van der Waals surface area (Å²) in [6.07, 6.45) is 1.29. The summed E-state index contributed by atoms with van der Waals surface area (Å²) >= 11 is 0. The van der Waals surface area contributed by atoms with E-state index in [1.54, 1.807) is 6.92 Å². The molecule has 0 radical (unpaired) electrons. The lowest BCUT2D eigenvalue weighted by Gasteiger charge is -2.25. The van der Waals surface area contributed by atoms with Gasteiger partial charge in [-0.25, -0.2) is 4.39 Å². The van der Waals surface area contributed by atoms with Gasteiger partial charge in [0.2, 0.25) is 0 Å². The molecular weight excluding hydrogens is 215 g/mol. The zero-order valence-corrected chi connectivity index (χ0v) is 11.0. The molecule has 0 unspecified atom stereocenters. The Labute approximate surface area is 103 Å². The number of rotatable bonds is 2. The molecule has 0 aromatic heterocycles. The first-order chi connectivity index (χ1) is 7.79. The van der Waals surface area contributed by atoms with Gasteiger partial charge in [0.05, 0.1) is 6.10 Å². The Morgan fingerprint density at radius 1 is 1.29 bits per heavy atom. The molecule has 1 aromatic carbocycles. The first-order valence-corrected chi connectivity index (χ1v) is 6.26. The first kappa shape index (κ1) is 12.6. The lowest BCUT2D eigenvalue weighted by molar-refractivity contribution is 0.148. The number of hydrogen-bond acceptors (Lipinski definition) is 1. The maximum atomic E-state index is 14.6. The molecule has 0 saturated heterocycles. The van der Waals surface area contributed by atoms with Crippen LogP contribution < -0.4 is 0 Å². The van der Waals surface area contributed by atoms with E-state index >= 15 is 0 Å². The molecule has 1 atom stereocenters. The zero-order valence-electron chi connectivity index (χ0n) is 11.0. The highest BCUT2D eigenvalue weighted by Gasteiger charge is 2.50. The molecule has 1 aliphatic carbocycles. The van der Waals surface area contributed by atoms with Crippen molar-refractivity contribution in [2.75, 3.05) is 0 Å². The lowest BCUT2D eigenvalue weighted by atomic mass is 9.82. The van der Waals surface area contributed by atoms with Crippen LogP contribution in [0.5, 0.6) is 0 Å². The summed E-state index contributed by atoms with van der Waals surface area (Å²) in [5, 5.41) is 9.85. The summed E-state index contributed by atoms with van der Waals surface area (Å²) < 4.78 is 14.6. The molecule has 1 aliphatic rings. The monoisotopic (exact) mass is 236 g/mol. The summed E-state index contributed by atoms with van der Waals surface area (Å²) in [5.74, 6) is -0.126. The number of hydrogen-bond donors (Lipinski definition) is 1. The Balaban J connectivity index is 2.51. The normalized spacial score (nSPS) is 20.1. The highest BCUT2D eigenvalue weighted by molar-refractivity contribution is 5.39. The van der Waals surface area contributed by atoms with Gasteiger partial charge >= 0.3 is 0 Å². The highest BCUT2D eigenvalue weighted by Crippen LogP contribution is 2.52. The van der Waals surface area contributed by atoms with E-state index in [9.17, 15) is 9.50 Å². The molecule has 2 rings (SSSR count). The van der Waals surface area contributed by atoms with Gasteiger partial charge in [-0.3, -0.25) is 0 Å². The van der Waals surface area contributed by atoms with E-state index in [-0.39, 0.29) is 16.6 Å². The van der Waals surface area contributed by atoms with Gasteiger partial charge in [-0.1, -0.05) is 39.0 Å². The van der Waals surface area contributed by atoms with Crippen LogP contribution in [0.2, 0.25) is 0 Å². The van der Waals surface area contributed by atoms with Crippen LogP contribution in [0, 0.1) is 5.82 Å². The molecular formula is C15H21FO. The Kier molecular flexibility index (Phi) is 2.81. The van der Waals surface area contributed by atoms with Gasteiger partial charge in [0.1, 0.15) is 5.82 Å². The summed E-state index contributed by atoms with van der Waals surface area (Å²) in [4.78, 5) is 0. The fourth-order valence-corrected chi connectivity index (χ4v) is 2.54. The fourth-order valence-electron chi connectivity index (χ4n) is 2.54. The standard InChI is InChI=1S/C15H21FO/c1-10(17)15(8-9-15)12-7-5-6-11(13(12)16)14(2,3)4/h5-7,10,17H,8-9H2,1-4H3/t10-/m0/s1. The maximum Gasteiger partial charge on any atom is 0.130 e. The molecule has 1 saturated carbocycles. The number of aliphatic hydroxyl groups excluding tert-OH is 1. The molecule has 1 aromatic rings. The molecule has 1 fully saturated rings. The minimum absolute atomic E-state index is 0.126. The van der Waals surface area contributed by atoms with E-state index < -0.39 is 6.10 Å². The predicted octanol–water partition coefficient (Wildman–Crippen LogP) is 3.54. The zero-order chi connectivity index (χ0) is 12.8. The number of benzene rings is 1. The molecule has 0 bridgehead atoms. The van der Waals surface area contributed by atoms with Crippen LogP contribution in [0.25, 0.3) is 0 Å². The molecule has 2 heteroatoms. The third-order valence-electron chi connectivity index (χ3n) is 3.93. The van der Waals surface area contributed by atoms with Crippen molar-refractivity contribution < 1.29 is 9.50 Å². The van der Waals surface area contributed by atoms with Crippen LogP contribution in [-0.2, 0) is 10.8 Å². The minimum Gasteiger partial charge on any atom is -0.392 e. The van der Waals surface area contributed by atoms with Gasteiger partial charge in [-0.2, -0.15) is 0 Å². The highest BCUT2D eigenvalue weighted by atomic mass is 19.1. The largest absolute Gasteiger partial charge is 0.392 e. The van der Waals surface area contributed by atoms with Gasteiger partial charge < -0.3 is 5.11 Å². The summed E-state index contributed by atoms with van der Waals surface area (Å²) in [7, 11) is 0. The third kappa shape index (κ3) is 1.99. The van der Waals surface area contributed by atoms with Crippen molar-refractivity contribution in [3.05, 3.63) is 35.1 Å². The maximum absolute atomic E-state index is 14.6. The fraction of sp³-hybridized carbons (Fsp3) is 0.600. The van der Waals surface area contributed by atoms with Crippen LogP contribution in [0.3, 0.4) is 0 Å². The van der Waals surface area contributed by atoms with Crippen molar-refractivity contribution in [3.8, 4) is 0 Å². The molecule has 0 aliphatic heterocycles. The number of aliphatic hydroxyl groups is 1. The molecule has 0 spiro atoms. The Hall–Kier alpha value is -0.890. The van der Waals surface area contributed by atoms with E-state index in [4.69, 9.17) is 0 Å². The van der Waals surface area contributed by atoms with Crippen LogP contribution in [0.15, 0.2) is 18.2 Å². The topological polar surface area (TPSA) is 20.2 Å². The SMILES string of the molecule is C[C@H](O)C1(c2cccc(C(C)(C)C)c2F)CC1. The second kappa shape index (κ2) is 3.81. The van der Waals surface area contributed by atoms with Gasteiger partial charge in [-0.15, -0.1) is 0 Å². The van der Waals surface area contributed by atoms with Crippen LogP contribution >= 0.6 is 0 Å². The van der Waals surface area contributed by atoms with E-state index in [1.807, 2.05) is 39.0 Å². The molecule has 17 heavy (non-hydrogen) atoms. The van der Waals surface area contributed by atoms with Crippen molar-refractivity contribution in [1.29, 1.82) is 0 Å². The minimum atomic E-state index is -0.479. The Morgan fingerprint density at radius 2 is 1.88 bits per heavy atom. The molecule has 94 valence electrons. The number of halogens is 1. The average molecular weight is 236 g/mol. The van der Waals surface area contributed by atoms with Crippen molar-refractivity contribution in [2.24, 2.45) is 0 Å². The summed E-state index contributed by atoms with van der Waals surface area (Å²) in [6.45, 7) is 7.79. The van der Waals surface area contributed by atoms with Crippen molar-refractivity contribution in [2.45, 2.75) is 57.5 Å². The summed E-state index contributed by atoms with van der Waals surface area (Å²) in [6, 6.07) is 5.57. The molecule has 1 N–H and O–H groups in total. The predicted molar refractivity (Wildman–Crippen MR) is 67.7 cm³/mol. The van der Waals surface area contributed by atoms with Crippen LogP contribution in [0.4, 0.5) is 4.39 Å². The Morgan fingerprint density at radius 3 is 2.29 bits per heavy atom. The van der Waals surface area contributed by atoms with Crippen molar-refractivity contribution >= 4 is 0 Å². The van der Waals surface area contributed by atoms with Crippen LogP contribution in [0.1, 0.15) is 51.7 Å². The second-order valence-electron chi connectivity index (χ2n) is 6.25. The van der Waals surface area contributed by atoms with Crippen molar-refractivity contribution in [3.63, 3.8) is 0 Å².